The van der Waals surface area contributed by atoms with E-state index in [1.165, 1.54) is 23.3 Å². The summed E-state index contributed by atoms with van der Waals surface area (Å²) in [4.78, 5) is 25.9. The van der Waals surface area contributed by atoms with Gasteiger partial charge in [0.2, 0.25) is 5.91 Å². The minimum absolute atomic E-state index is 0.0256. The number of amides is 1. The number of esters is 1. The molecular weight excluding hydrogens is 338 g/mol. The van der Waals surface area contributed by atoms with Crippen LogP contribution < -0.4 is 0 Å². The summed E-state index contributed by atoms with van der Waals surface area (Å²) < 4.78 is 4.95. The fraction of sp³-hybridized carbons (Fsp3) is 0.391. The van der Waals surface area contributed by atoms with Crippen LogP contribution in [0.3, 0.4) is 0 Å². The Morgan fingerprint density at radius 2 is 1.93 bits per heavy atom. The first kappa shape index (κ1) is 19.2. The van der Waals surface area contributed by atoms with E-state index in [2.05, 4.69) is 49.9 Å². The third-order valence-electron chi connectivity index (χ3n) is 5.46. The summed E-state index contributed by atoms with van der Waals surface area (Å²) in [6.07, 6.45) is 3.15. The maximum atomic E-state index is 13.0. The summed E-state index contributed by atoms with van der Waals surface area (Å²) >= 11 is 0. The van der Waals surface area contributed by atoms with Crippen molar-refractivity contribution in [2.45, 2.75) is 45.1 Å². The molecule has 0 saturated carbocycles. The van der Waals surface area contributed by atoms with Crippen LogP contribution in [0.15, 0.2) is 54.6 Å². The molecule has 1 atom stereocenters. The molecule has 0 spiro atoms. The van der Waals surface area contributed by atoms with Crippen LogP contribution in [0.5, 0.6) is 0 Å². The van der Waals surface area contributed by atoms with E-state index in [4.69, 9.17) is 4.74 Å². The molecule has 0 bridgehead atoms. The summed E-state index contributed by atoms with van der Waals surface area (Å²) in [6.45, 7) is 8.41. The zero-order valence-electron chi connectivity index (χ0n) is 16.2. The first-order valence-corrected chi connectivity index (χ1v) is 9.50. The van der Waals surface area contributed by atoms with Crippen molar-refractivity contribution in [1.82, 2.24) is 4.90 Å². The highest BCUT2D eigenvalue weighted by atomic mass is 16.5. The molecule has 1 aliphatic heterocycles. The smallest absolute Gasteiger partial charge is 0.302 e. The first-order chi connectivity index (χ1) is 12.9. The Labute approximate surface area is 160 Å². The van der Waals surface area contributed by atoms with Gasteiger partial charge < -0.3 is 9.64 Å². The van der Waals surface area contributed by atoms with Crippen molar-refractivity contribution in [3.8, 4) is 0 Å². The molecule has 1 heterocycles. The number of carbonyl (C=O) groups excluding carboxylic acids is 2. The van der Waals surface area contributed by atoms with Gasteiger partial charge >= 0.3 is 5.97 Å². The highest BCUT2D eigenvalue weighted by Crippen LogP contribution is 2.35. The van der Waals surface area contributed by atoms with Crippen molar-refractivity contribution in [2.24, 2.45) is 0 Å². The number of hydrogen-bond donors (Lipinski definition) is 0. The van der Waals surface area contributed by atoms with Crippen molar-refractivity contribution in [3.63, 3.8) is 0 Å². The molecule has 1 aliphatic rings. The minimum atomic E-state index is -0.336. The summed E-state index contributed by atoms with van der Waals surface area (Å²) in [7, 11) is 0. The molecule has 1 unspecified atom stereocenters. The van der Waals surface area contributed by atoms with Crippen molar-refractivity contribution in [1.29, 1.82) is 0 Å². The van der Waals surface area contributed by atoms with Crippen LogP contribution in [-0.2, 0) is 20.7 Å². The maximum Gasteiger partial charge on any atom is 0.302 e. The van der Waals surface area contributed by atoms with E-state index >= 15 is 0 Å². The normalized spacial score (nSPS) is 19.3. The number of hydrogen-bond acceptors (Lipinski definition) is 3. The van der Waals surface area contributed by atoms with Crippen LogP contribution in [0.4, 0.5) is 0 Å². The number of rotatable bonds is 6. The van der Waals surface area contributed by atoms with Crippen LogP contribution in [0, 0.1) is 0 Å². The molecule has 4 heteroatoms. The van der Waals surface area contributed by atoms with Crippen LogP contribution >= 0.6 is 0 Å². The Hall–Kier alpha value is -2.62. The van der Waals surface area contributed by atoms with Gasteiger partial charge in [0.15, 0.2) is 0 Å². The van der Waals surface area contributed by atoms with E-state index in [0.717, 1.165) is 25.8 Å². The Kier molecular flexibility index (Phi) is 5.64. The van der Waals surface area contributed by atoms with Crippen molar-refractivity contribution in [2.75, 3.05) is 13.2 Å². The van der Waals surface area contributed by atoms with E-state index in [1.807, 2.05) is 11.0 Å². The van der Waals surface area contributed by atoms with Crippen molar-refractivity contribution >= 4 is 22.6 Å². The molecule has 142 valence electrons. The molecule has 27 heavy (non-hydrogen) atoms. The molecule has 2 aromatic rings. The zero-order valence-corrected chi connectivity index (χ0v) is 16.2. The molecule has 1 amide bonds. The monoisotopic (exact) mass is 365 g/mol. The van der Waals surface area contributed by atoms with E-state index in [-0.39, 0.29) is 24.0 Å². The standard InChI is InChI=1S/C23H27NO3/c1-17(12-15-27-18(2)25)22(26)24-14-7-13-23(24,3)16-20-10-6-9-19-8-4-5-11-21(19)20/h4-6,8-11H,1,7,12-16H2,2-3H3. The van der Waals surface area contributed by atoms with E-state index < -0.39 is 0 Å². The molecule has 0 radical (unpaired) electrons. The van der Waals surface area contributed by atoms with Gasteiger partial charge in [-0.1, -0.05) is 49.0 Å². The number of carbonyl (C=O) groups is 2. The molecular formula is C23H27NO3. The SMILES string of the molecule is C=C(CCOC(C)=O)C(=O)N1CCCC1(C)Cc1cccc2ccccc12. The van der Waals surface area contributed by atoms with Gasteiger partial charge in [-0.15, -0.1) is 0 Å². The predicted octanol–water partition coefficient (Wildman–Crippen LogP) is 4.27. The number of fused-ring (bicyclic) bond motifs is 1. The summed E-state index contributed by atoms with van der Waals surface area (Å²) in [5, 5.41) is 2.47. The highest BCUT2D eigenvalue weighted by molar-refractivity contribution is 5.93. The topological polar surface area (TPSA) is 46.6 Å². The van der Waals surface area contributed by atoms with Crippen molar-refractivity contribution in [3.05, 3.63) is 60.2 Å². The Bertz CT molecular complexity index is 868. The van der Waals surface area contributed by atoms with Gasteiger partial charge in [-0.05, 0) is 42.5 Å². The molecule has 0 aromatic heterocycles. The lowest BCUT2D eigenvalue weighted by molar-refractivity contribution is -0.141. The van der Waals surface area contributed by atoms with Crippen molar-refractivity contribution < 1.29 is 14.3 Å². The Morgan fingerprint density at radius 3 is 2.70 bits per heavy atom. The van der Waals surface area contributed by atoms with Crippen LogP contribution in [0.25, 0.3) is 10.8 Å². The third kappa shape index (κ3) is 4.21. The first-order valence-electron chi connectivity index (χ1n) is 9.50. The van der Waals surface area contributed by atoms with Gasteiger partial charge in [0, 0.05) is 31.0 Å². The number of nitrogens with zero attached hydrogens (tertiary/aromatic N) is 1. The number of benzene rings is 2. The fourth-order valence-corrected chi connectivity index (χ4v) is 4.03. The largest absolute Gasteiger partial charge is 0.466 e. The molecule has 0 N–H and O–H groups in total. The number of likely N-dealkylation sites (tertiary alicyclic amines) is 1. The second-order valence-corrected chi connectivity index (χ2v) is 7.57. The molecule has 1 saturated heterocycles. The Balaban J connectivity index is 1.76. The average molecular weight is 365 g/mol. The lowest BCUT2D eigenvalue weighted by Gasteiger charge is -2.36. The third-order valence-corrected chi connectivity index (χ3v) is 5.46. The quantitative estimate of drug-likeness (QED) is 0.567. The maximum absolute atomic E-state index is 13.0. The fourth-order valence-electron chi connectivity index (χ4n) is 4.03. The van der Waals surface area contributed by atoms with Gasteiger partial charge in [-0.3, -0.25) is 9.59 Å². The Morgan fingerprint density at radius 1 is 1.19 bits per heavy atom. The van der Waals surface area contributed by atoms with E-state index in [0.29, 0.717) is 12.0 Å². The molecule has 4 nitrogen and oxygen atoms in total. The zero-order chi connectivity index (χ0) is 19.4. The molecule has 3 rings (SSSR count). The van der Waals surface area contributed by atoms with Gasteiger partial charge in [-0.25, -0.2) is 0 Å². The molecule has 2 aromatic carbocycles. The van der Waals surface area contributed by atoms with E-state index in [1.54, 1.807) is 0 Å². The summed E-state index contributed by atoms with van der Waals surface area (Å²) in [5.41, 5.74) is 1.54. The average Bonchev–Trinajstić information content (AvgIpc) is 3.02. The van der Waals surface area contributed by atoms with Crippen LogP contribution in [0.1, 0.15) is 38.7 Å². The van der Waals surface area contributed by atoms with Gasteiger partial charge in [0.05, 0.1) is 6.61 Å². The minimum Gasteiger partial charge on any atom is -0.466 e. The van der Waals surface area contributed by atoms with Crippen LogP contribution in [-0.4, -0.2) is 35.5 Å². The lowest BCUT2D eigenvalue weighted by atomic mass is 9.87. The summed E-state index contributed by atoms with van der Waals surface area (Å²) in [5.74, 6) is -0.361. The molecule has 0 aliphatic carbocycles. The van der Waals surface area contributed by atoms with Crippen LogP contribution in [0.2, 0.25) is 0 Å². The predicted molar refractivity (Wildman–Crippen MR) is 107 cm³/mol. The second kappa shape index (κ2) is 7.95. The lowest BCUT2D eigenvalue weighted by Crippen LogP contribution is -2.47. The van der Waals surface area contributed by atoms with E-state index in [9.17, 15) is 9.59 Å². The second-order valence-electron chi connectivity index (χ2n) is 7.57. The van der Waals surface area contributed by atoms with Gasteiger partial charge in [-0.2, -0.15) is 0 Å². The van der Waals surface area contributed by atoms with Gasteiger partial charge in [0.1, 0.15) is 0 Å². The number of ether oxygens (including phenoxy) is 1. The highest BCUT2D eigenvalue weighted by Gasteiger charge is 2.40. The van der Waals surface area contributed by atoms with Gasteiger partial charge in [0.25, 0.3) is 0 Å². The molecule has 1 fully saturated rings. The summed E-state index contributed by atoms with van der Waals surface area (Å²) in [6, 6.07) is 14.7.